The monoisotopic (exact) mass is 381 g/mol. The number of rotatable bonds is 6. The van der Waals surface area contributed by atoms with Crippen LogP contribution in [0.15, 0.2) is 36.7 Å². The van der Waals surface area contributed by atoms with E-state index in [9.17, 15) is 13.2 Å². The minimum Gasteiger partial charge on any atom is -0.424 e. The van der Waals surface area contributed by atoms with E-state index < -0.39 is 19.0 Å². The van der Waals surface area contributed by atoms with Crippen molar-refractivity contribution in [3.05, 3.63) is 52.9 Å². The number of aryl methyl sites for hydroxylation is 1. The number of pyridine rings is 1. The van der Waals surface area contributed by atoms with Crippen LogP contribution in [0.5, 0.6) is 11.8 Å². The number of alkyl halides is 3. The van der Waals surface area contributed by atoms with Crippen LogP contribution in [-0.4, -0.2) is 34.0 Å². The molecular weight excluding hydrogens is 367 g/mol. The van der Waals surface area contributed by atoms with Crippen molar-refractivity contribution in [2.45, 2.75) is 25.7 Å². The summed E-state index contributed by atoms with van der Waals surface area (Å²) in [5, 5.41) is 0.860. The van der Waals surface area contributed by atoms with Gasteiger partial charge in [0.05, 0.1) is 22.9 Å². The van der Waals surface area contributed by atoms with Gasteiger partial charge in [-0.2, -0.15) is 0 Å². The summed E-state index contributed by atoms with van der Waals surface area (Å²) in [6.07, 6.45) is -1.68. The lowest BCUT2D eigenvalue weighted by Crippen LogP contribution is -2.22. The van der Waals surface area contributed by atoms with Crippen LogP contribution in [0.1, 0.15) is 11.3 Å². The summed E-state index contributed by atoms with van der Waals surface area (Å²) in [4.78, 5) is 12.3. The molecule has 0 aliphatic carbocycles. The number of hydrogen-bond acceptors (Lipinski definition) is 4. The second-order valence-electron chi connectivity index (χ2n) is 5.75. The van der Waals surface area contributed by atoms with Crippen molar-refractivity contribution in [3.63, 3.8) is 0 Å². The molecule has 136 valence electrons. The van der Waals surface area contributed by atoms with Crippen LogP contribution in [0.4, 0.5) is 13.2 Å². The molecule has 2 atom stereocenters. The minimum absolute atomic E-state index is 0.0531. The van der Waals surface area contributed by atoms with Crippen LogP contribution >= 0.6 is 11.6 Å². The molecule has 2 aromatic heterocycles. The van der Waals surface area contributed by atoms with E-state index in [1.807, 2.05) is 0 Å². The Morgan fingerprint density at radius 1 is 1.15 bits per heavy atom. The largest absolute Gasteiger partial charge is 0.424 e. The fourth-order valence-electron chi connectivity index (χ4n) is 2.61. The first-order chi connectivity index (χ1) is 12.5. The maximum Gasteiger partial charge on any atom is 0.321 e. The van der Waals surface area contributed by atoms with Crippen molar-refractivity contribution < 1.29 is 17.9 Å². The molecule has 0 saturated carbocycles. The van der Waals surface area contributed by atoms with Crippen LogP contribution < -0.4 is 4.74 Å². The van der Waals surface area contributed by atoms with E-state index in [1.165, 1.54) is 12.4 Å². The average Bonchev–Trinajstić information content (AvgIpc) is 2.62. The van der Waals surface area contributed by atoms with E-state index in [0.717, 1.165) is 0 Å². The van der Waals surface area contributed by atoms with Gasteiger partial charge in [-0.1, -0.05) is 17.7 Å². The average molecular weight is 382 g/mol. The van der Waals surface area contributed by atoms with Gasteiger partial charge < -0.3 is 4.74 Å². The minimum atomic E-state index is -2.17. The van der Waals surface area contributed by atoms with E-state index in [1.54, 1.807) is 31.2 Å². The number of nitrogens with zero attached hydrogens (tertiary/aromatic N) is 3. The molecule has 0 aliphatic rings. The first-order valence-electron chi connectivity index (χ1n) is 7.86. The number of hydrogen-bond donors (Lipinski definition) is 0. The standard InChI is InChI=1S/C18H15ClF3N3O/c1-10-5-11(6-13(21)14(22)7-20)17-15(25-10)3-2-4-16(17)26-18-23-8-12(19)9-24-18/h2-5,8-9,13-14H,6-7H2,1H3. The number of halogens is 4. The Morgan fingerprint density at radius 2 is 1.88 bits per heavy atom. The van der Waals surface area contributed by atoms with Crippen molar-refractivity contribution >= 4 is 22.5 Å². The summed E-state index contributed by atoms with van der Waals surface area (Å²) in [7, 11) is 0. The van der Waals surface area contributed by atoms with Gasteiger partial charge in [0.25, 0.3) is 0 Å². The molecule has 1 aromatic carbocycles. The summed E-state index contributed by atoms with van der Waals surface area (Å²) in [5.74, 6) is 0.343. The summed E-state index contributed by atoms with van der Waals surface area (Å²) in [5.41, 5.74) is 1.66. The van der Waals surface area contributed by atoms with E-state index >= 15 is 0 Å². The number of fused-ring (bicyclic) bond motifs is 1. The normalized spacial score (nSPS) is 13.6. The van der Waals surface area contributed by atoms with Gasteiger partial charge in [-0.25, -0.2) is 23.1 Å². The van der Waals surface area contributed by atoms with Crippen molar-refractivity contribution in [2.75, 3.05) is 6.67 Å². The first kappa shape index (κ1) is 18.4. The third kappa shape index (κ3) is 4.04. The topological polar surface area (TPSA) is 47.9 Å². The summed E-state index contributed by atoms with van der Waals surface area (Å²) < 4.78 is 45.5. The molecule has 3 rings (SSSR count). The Hall–Kier alpha value is -2.41. The van der Waals surface area contributed by atoms with Crippen molar-refractivity contribution in [2.24, 2.45) is 0 Å². The second kappa shape index (κ2) is 7.86. The van der Waals surface area contributed by atoms with Gasteiger partial charge >= 0.3 is 6.01 Å². The van der Waals surface area contributed by atoms with E-state index in [0.29, 0.717) is 32.9 Å². The smallest absolute Gasteiger partial charge is 0.321 e. The molecule has 0 bridgehead atoms. The van der Waals surface area contributed by atoms with Crippen LogP contribution in [0.3, 0.4) is 0 Å². The fourth-order valence-corrected chi connectivity index (χ4v) is 2.71. The molecular formula is C18H15ClF3N3O. The third-order valence-corrected chi connectivity index (χ3v) is 3.95. The Kier molecular flexibility index (Phi) is 5.56. The Labute approximate surface area is 153 Å². The summed E-state index contributed by atoms with van der Waals surface area (Å²) >= 11 is 5.75. The molecule has 2 unspecified atom stereocenters. The fraction of sp³-hybridized carbons (Fsp3) is 0.278. The first-order valence-corrected chi connectivity index (χ1v) is 8.24. The Morgan fingerprint density at radius 3 is 2.58 bits per heavy atom. The predicted octanol–water partition coefficient (Wildman–Crippen LogP) is 4.97. The molecule has 2 heterocycles. The number of aromatic nitrogens is 3. The van der Waals surface area contributed by atoms with Gasteiger partial charge in [-0.3, -0.25) is 4.98 Å². The SMILES string of the molecule is Cc1cc(CC(F)C(F)CF)c2c(Oc3ncc(Cl)cn3)cccc2n1. The molecule has 0 fully saturated rings. The van der Waals surface area contributed by atoms with E-state index in [2.05, 4.69) is 15.0 Å². The number of ether oxygens (including phenoxy) is 1. The molecule has 26 heavy (non-hydrogen) atoms. The summed E-state index contributed by atoms with van der Waals surface area (Å²) in [6.45, 7) is 0.374. The van der Waals surface area contributed by atoms with Crippen molar-refractivity contribution in [3.8, 4) is 11.8 Å². The maximum absolute atomic E-state index is 14.0. The van der Waals surface area contributed by atoms with Gasteiger partial charge in [0.15, 0.2) is 6.17 Å². The quantitative estimate of drug-likeness (QED) is 0.605. The van der Waals surface area contributed by atoms with Gasteiger partial charge in [0.2, 0.25) is 0 Å². The molecule has 3 aromatic rings. The lowest BCUT2D eigenvalue weighted by atomic mass is 10.00. The lowest BCUT2D eigenvalue weighted by molar-refractivity contribution is 0.137. The predicted molar refractivity (Wildman–Crippen MR) is 93.1 cm³/mol. The molecule has 4 nitrogen and oxygen atoms in total. The summed E-state index contributed by atoms with van der Waals surface area (Å²) in [6, 6.07) is 6.79. The lowest BCUT2D eigenvalue weighted by Gasteiger charge is -2.15. The molecule has 0 amide bonds. The highest BCUT2D eigenvalue weighted by Crippen LogP contribution is 2.32. The van der Waals surface area contributed by atoms with Crippen molar-refractivity contribution in [1.82, 2.24) is 15.0 Å². The van der Waals surface area contributed by atoms with E-state index in [-0.39, 0.29) is 12.4 Å². The van der Waals surface area contributed by atoms with E-state index in [4.69, 9.17) is 16.3 Å². The maximum atomic E-state index is 14.0. The molecule has 0 aliphatic heterocycles. The Bertz CT molecular complexity index is 908. The van der Waals surface area contributed by atoms with Gasteiger partial charge in [0.1, 0.15) is 18.6 Å². The van der Waals surface area contributed by atoms with Crippen molar-refractivity contribution in [1.29, 1.82) is 0 Å². The van der Waals surface area contributed by atoms with Crippen LogP contribution in [-0.2, 0) is 6.42 Å². The van der Waals surface area contributed by atoms with Crippen LogP contribution in [0, 0.1) is 6.92 Å². The zero-order valence-electron chi connectivity index (χ0n) is 13.8. The molecule has 0 spiro atoms. The van der Waals surface area contributed by atoms with Gasteiger partial charge in [-0.05, 0) is 30.7 Å². The highest BCUT2D eigenvalue weighted by molar-refractivity contribution is 6.30. The second-order valence-corrected chi connectivity index (χ2v) is 6.19. The molecule has 0 N–H and O–H groups in total. The molecule has 0 saturated heterocycles. The zero-order chi connectivity index (χ0) is 18.7. The Balaban J connectivity index is 2.04. The van der Waals surface area contributed by atoms with Gasteiger partial charge in [0, 0.05) is 17.5 Å². The van der Waals surface area contributed by atoms with Crippen LogP contribution in [0.2, 0.25) is 5.02 Å². The zero-order valence-corrected chi connectivity index (χ0v) is 14.6. The highest BCUT2D eigenvalue weighted by Gasteiger charge is 2.23. The number of benzene rings is 1. The van der Waals surface area contributed by atoms with Crippen LogP contribution in [0.25, 0.3) is 10.9 Å². The molecule has 8 heteroatoms. The third-order valence-electron chi connectivity index (χ3n) is 3.76. The molecule has 0 radical (unpaired) electrons. The highest BCUT2D eigenvalue weighted by atomic mass is 35.5. The van der Waals surface area contributed by atoms with Gasteiger partial charge in [-0.15, -0.1) is 0 Å².